The molecule has 56 valence electrons. The van der Waals surface area contributed by atoms with Crippen LogP contribution in [0.5, 0.6) is 0 Å². The Morgan fingerprint density at radius 3 is 1.11 bits per heavy atom. The first-order valence-electron chi connectivity index (χ1n) is 1.41. The number of hydrogen-bond donors (Lipinski definition) is 2. The molecule has 0 saturated heterocycles. The van der Waals surface area contributed by atoms with Crippen LogP contribution in [0.15, 0.2) is 0 Å². The van der Waals surface area contributed by atoms with Gasteiger partial charge in [-0.15, -0.1) is 0 Å². The third-order valence-electron chi connectivity index (χ3n) is 0. The third kappa shape index (κ3) is 7720. The van der Waals surface area contributed by atoms with Crippen LogP contribution in [0.3, 0.4) is 0 Å². The molecule has 0 aromatic carbocycles. The Labute approximate surface area is 51.3 Å². The van der Waals surface area contributed by atoms with Gasteiger partial charge in [-0.1, -0.05) is 0 Å². The van der Waals surface area contributed by atoms with E-state index in [1.54, 1.807) is 0 Å². The zero-order valence-corrected chi connectivity index (χ0v) is 4.74. The maximum Gasteiger partial charge on any atom is 0.394 e. The van der Waals surface area contributed by atoms with Crippen LogP contribution < -0.4 is 15.1 Å². The third-order valence-corrected chi connectivity index (χ3v) is 0. The van der Waals surface area contributed by atoms with Gasteiger partial charge in [-0.3, -0.25) is 16.4 Å². The van der Waals surface area contributed by atoms with Crippen LogP contribution in [0.4, 0.5) is 0 Å². The summed E-state index contributed by atoms with van der Waals surface area (Å²) in [6.45, 7) is 0. The smallest absolute Gasteiger partial charge is 0.394 e. The summed E-state index contributed by atoms with van der Waals surface area (Å²) in [6, 6.07) is 0. The molecule has 0 aliphatic rings. The van der Waals surface area contributed by atoms with Crippen molar-refractivity contribution in [1.29, 1.82) is 0 Å². The molecule has 9 heavy (non-hydrogen) atoms. The Balaban J connectivity index is 0. The van der Waals surface area contributed by atoms with Gasteiger partial charge < -0.3 is 15.1 Å². The number of hydrogen-bond acceptors (Lipinski definition) is 5. The van der Waals surface area contributed by atoms with Gasteiger partial charge in [0.05, 0.1) is 0 Å². The maximum atomic E-state index is 8.74. The highest BCUT2D eigenvalue weighted by molar-refractivity contribution is 7.79. The average molecular weight is 157 g/mol. The van der Waals surface area contributed by atoms with Crippen LogP contribution in [0.25, 0.3) is 0 Å². The van der Waals surface area contributed by atoms with Crippen molar-refractivity contribution in [3.05, 3.63) is 0 Å². The van der Waals surface area contributed by atoms with Gasteiger partial charge in [-0.2, -0.15) is 8.42 Å². The first kappa shape index (κ1) is 11.6. The van der Waals surface area contributed by atoms with Crippen LogP contribution in [-0.4, -0.2) is 24.8 Å². The quantitative estimate of drug-likeness (QED) is 0.265. The molecule has 9 heteroatoms. The molecule has 0 fully saturated rings. The van der Waals surface area contributed by atoms with Gasteiger partial charge in [-0.05, 0) is 0 Å². The molecule has 0 saturated carbocycles. The van der Waals surface area contributed by atoms with E-state index in [0.717, 1.165) is 0 Å². The normalized spacial score (nSPS) is 9.44. The Bertz CT molecular complexity index is 120. The molecular weight excluding hydrogens is 155 g/mol. The molecule has 0 spiro atoms. The fraction of sp³-hybridized carbons (Fsp3) is 0. The summed E-state index contributed by atoms with van der Waals surface area (Å²) in [5, 5.41) is 25.2. The van der Waals surface area contributed by atoms with E-state index in [-0.39, 0.29) is 0 Å². The SMILES string of the molecule is O=S(=O)(O)O.[O-]B([O-])[O-]. The van der Waals surface area contributed by atoms with E-state index >= 15 is 0 Å². The van der Waals surface area contributed by atoms with E-state index in [9.17, 15) is 0 Å². The standard InChI is InChI=1S/BO3.H2O4S/c2-1(3)4;1-5(2,3)4/h;(H2,1,2,3,4)/q-3;. The second kappa shape index (κ2) is 4.67. The lowest BCUT2D eigenvalue weighted by atomic mass is 10.3. The molecule has 0 radical (unpaired) electrons. The zero-order chi connectivity index (χ0) is 8.08. The largest absolute Gasteiger partial charge is 0.907 e. The van der Waals surface area contributed by atoms with Crippen molar-refractivity contribution in [1.82, 2.24) is 0 Å². The lowest BCUT2D eigenvalue weighted by Gasteiger charge is -2.35. The van der Waals surface area contributed by atoms with Crippen LogP contribution >= 0.6 is 0 Å². The fourth-order valence-corrected chi connectivity index (χ4v) is 0. The van der Waals surface area contributed by atoms with E-state index in [2.05, 4.69) is 0 Å². The molecule has 0 atom stereocenters. The summed E-state index contributed by atoms with van der Waals surface area (Å²) >= 11 is 0. The first-order chi connectivity index (χ1) is 3.73. The van der Waals surface area contributed by atoms with E-state index in [4.69, 9.17) is 32.6 Å². The lowest BCUT2D eigenvalue weighted by Crippen LogP contribution is -2.56. The molecule has 0 amide bonds. The second-order valence-corrected chi connectivity index (χ2v) is 1.63. The lowest BCUT2D eigenvalue weighted by molar-refractivity contribution is -0.479. The van der Waals surface area contributed by atoms with Crippen molar-refractivity contribution >= 4 is 17.7 Å². The molecule has 0 heterocycles. The predicted octanol–water partition coefficient (Wildman–Crippen LogP) is -4.60. The maximum absolute atomic E-state index is 8.74. The number of rotatable bonds is 0. The second-order valence-electron chi connectivity index (χ2n) is 0.737. The Morgan fingerprint density at radius 2 is 1.11 bits per heavy atom. The van der Waals surface area contributed by atoms with Gasteiger partial charge in [0.1, 0.15) is 0 Å². The van der Waals surface area contributed by atoms with Crippen molar-refractivity contribution in [3.8, 4) is 0 Å². The Kier molecular flexibility index (Phi) is 6.02. The molecule has 0 aromatic rings. The summed E-state index contributed by atoms with van der Waals surface area (Å²) in [7, 11) is -7.58. The van der Waals surface area contributed by atoms with E-state index < -0.39 is 17.7 Å². The topological polar surface area (TPSA) is 144 Å². The minimum absolute atomic E-state index is 2.92. The molecule has 0 aromatic heterocycles. The van der Waals surface area contributed by atoms with Gasteiger partial charge in [0, 0.05) is 0 Å². The van der Waals surface area contributed by atoms with Crippen LogP contribution in [0.2, 0.25) is 0 Å². The highest BCUT2D eigenvalue weighted by Crippen LogP contribution is 1.59. The summed E-state index contributed by atoms with van der Waals surface area (Å²) < 4.78 is 31.6. The van der Waals surface area contributed by atoms with Crippen molar-refractivity contribution in [3.63, 3.8) is 0 Å². The Morgan fingerprint density at radius 1 is 1.11 bits per heavy atom. The fourth-order valence-electron chi connectivity index (χ4n) is 0. The van der Waals surface area contributed by atoms with Crippen molar-refractivity contribution in [2.75, 3.05) is 0 Å². The van der Waals surface area contributed by atoms with Gasteiger partial charge in [0.15, 0.2) is 0 Å². The molecular formula is H2BO7S-3. The van der Waals surface area contributed by atoms with Crippen LogP contribution in [-0.2, 0) is 10.4 Å². The molecule has 0 aliphatic heterocycles. The van der Waals surface area contributed by atoms with Gasteiger partial charge in [-0.25, -0.2) is 0 Å². The highest BCUT2D eigenvalue weighted by Gasteiger charge is 1.84. The van der Waals surface area contributed by atoms with Crippen LogP contribution in [0, 0.1) is 0 Å². The highest BCUT2D eigenvalue weighted by atomic mass is 32.3. The molecule has 7 nitrogen and oxygen atoms in total. The van der Waals surface area contributed by atoms with E-state index in [0.29, 0.717) is 0 Å². The zero-order valence-electron chi connectivity index (χ0n) is 3.92. The van der Waals surface area contributed by atoms with E-state index in [1.807, 2.05) is 0 Å². The summed E-state index contributed by atoms with van der Waals surface area (Å²) in [5.74, 6) is 0. The van der Waals surface area contributed by atoms with Gasteiger partial charge in [0.2, 0.25) is 0 Å². The molecule has 0 bridgehead atoms. The van der Waals surface area contributed by atoms with Crippen molar-refractivity contribution in [2.24, 2.45) is 0 Å². The summed E-state index contributed by atoms with van der Waals surface area (Å²) in [4.78, 5) is 0. The van der Waals surface area contributed by atoms with Crippen molar-refractivity contribution < 1.29 is 32.6 Å². The molecule has 0 aliphatic carbocycles. The summed E-state index contributed by atoms with van der Waals surface area (Å²) in [5.41, 5.74) is 0. The molecule has 0 unspecified atom stereocenters. The predicted molar refractivity (Wildman–Crippen MR) is 19.9 cm³/mol. The minimum atomic E-state index is -4.67. The van der Waals surface area contributed by atoms with Gasteiger partial charge in [0.25, 0.3) is 0 Å². The van der Waals surface area contributed by atoms with Crippen molar-refractivity contribution in [2.45, 2.75) is 0 Å². The summed E-state index contributed by atoms with van der Waals surface area (Å²) in [6.07, 6.45) is 0. The molecule has 0 rings (SSSR count). The first-order valence-corrected chi connectivity index (χ1v) is 2.80. The average Bonchev–Trinajstić information content (AvgIpc) is 1.19. The minimum Gasteiger partial charge on any atom is -0.907 e. The van der Waals surface area contributed by atoms with Gasteiger partial charge >= 0.3 is 10.4 Å². The molecule has 2 N–H and O–H groups in total. The van der Waals surface area contributed by atoms with E-state index in [1.165, 1.54) is 0 Å². The monoisotopic (exact) mass is 157 g/mol. The Hall–Kier alpha value is -0.185. The van der Waals surface area contributed by atoms with Crippen LogP contribution in [0.1, 0.15) is 0 Å².